The fourth-order valence-corrected chi connectivity index (χ4v) is 20.6. The van der Waals surface area contributed by atoms with Gasteiger partial charge in [-0.3, -0.25) is 0 Å². The van der Waals surface area contributed by atoms with Gasteiger partial charge in [0.15, 0.2) is 0 Å². The predicted molar refractivity (Wildman–Crippen MR) is 77.3 cm³/mol. The summed E-state index contributed by atoms with van der Waals surface area (Å²) >= 11 is 5.77. The molecule has 1 fully saturated rings. The van der Waals surface area contributed by atoms with Crippen molar-refractivity contribution in [2.24, 2.45) is 0 Å². The van der Waals surface area contributed by atoms with E-state index in [1.807, 2.05) is 0 Å². The molecule has 1 aliphatic heterocycles. The molecule has 0 bridgehead atoms. The van der Waals surface area contributed by atoms with Crippen LogP contribution in [0.1, 0.15) is 5.56 Å². The van der Waals surface area contributed by atoms with Gasteiger partial charge in [-0.15, -0.1) is 0 Å². The summed E-state index contributed by atoms with van der Waals surface area (Å²) in [6.07, 6.45) is 0. The molecule has 1 heterocycles. The average Bonchev–Trinajstić information content (AvgIpc) is 2.29. The van der Waals surface area contributed by atoms with Crippen molar-refractivity contribution >= 4 is 60.2 Å². The van der Waals surface area contributed by atoms with Crippen LogP contribution >= 0.6 is 28.2 Å². The zero-order chi connectivity index (χ0) is 11.0. The van der Waals surface area contributed by atoms with Gasteiger partial charge in [0.25, 0.3) is 0 Å². The van der Waals surface area contributed by atoms with Crippen LogP contribution in [0.3, 0.4) is 0 Å². The molecule has 0 saturated carbocycles. The molecule has 0 aliphatic carbocycles. The normalized spacial score (nSPS) is 18.3. The molecule has 2 aromatic rings. The van der Waals surface area contributed by atoms with Crippen LogP contribution in [0.15, 0.2) is 42.5 Å². The Labute approximate surface area is 117 Å². The Hall–Kier alpha value is 0.612. The first-order valence-electron chi connectivity index (χ1n) is 5.01. The fraction of sp³-hybridized carbons (Fsp3) is 0.167. The monoisotopic (exact) mass is 460 g/mol. The molecule has 1 aliphatic rings. The van der Waals surface area contributed by atoms with E-state index in [9.17, 15) is 0 Å². The van der Waals surface area contributed by atoms with Crippen molar-refractivity contribution in [1.29, 1.82) is 0 Å². The first-order valence-corrected chi connectivity index (χ1v) is 16.7. The van der Waals surface area contributed by atoms with E-state index in [1.165, 1.54) is 16.3 Å². The molecule has 2 radical (unpaired) electrons. The molecule has 3 rings (SSSR count). The van der Waals surface area contributed by atoms with Gasteiger partial charge in [-0.25, -0.2) is 0 Å². The zero-order valence-electron chi connectivity index (χ0n) is 8.44. The molecule has 0 spiro atoms. The number of hydrogen-bond acceptors (Lipinski definition) is 2. The quantitative estimate of drug-likeness (QED) is 0.486. The van der Waals surface area contributed by atoms with Crippen LogP contribution in [0.4, 0.5) is 0 Å². The Bertz CT molecular complexity index is 514. The maximum absolute atomic E-state index is 6.18. The summed E-state index contributed by atoms with van der Waals surface area (Å²) in [6.45, 7) is 0. The van der Waals surface area contributed by atoms with Gasteiger partial charge in [0, 0.05) is 0 Å². The molecule has 0 aromatic heterocycles. The molecule has 0 amide bonds. The van der Waals surface area contributed by atoms with Crippen LogP contribution in [0.5, 0.6) is 0 Å². The molecule has 4 heteroatoms. The van der Waals surface area contributed by atoms with E-state index in [1.54, 1.807) is 0 Å². The Morgan fingerprint density at radius 1 is 1.06 bits per heavy atom. The van der Waals surface area contributed by atoms with E-state index in [2.05, 4.69) is 59.1 Å². The van der Waals surface area contributed by atoms with Crippen molar-refractivity contribution in [1.82, 2.24) is 0 Å². The van der Waals surface area contributed by atoms with Crippen LogP contribution in [0.25, 0.3) is 10.8 Å². The topological polar surface area (TPSA) is 0 Å². The standard InChI is InChI=1S/C12H11ClS2.Pb/c13-8-12(14,15)11-7-3-5-9-4-1-2-6-10(9)11;/h1-7,14-15H,8H2;/q;+2/p-2. The Kier molecular flexibility index (Phi) is 3.44. The van der Waals surface area contributed by atoms with Crippen molar-refractivity contribution in [3.05, 3.63) is 48.0 Å². The molecule has 0 atom stereocenters. The summed E-state index contributed by atoms with van der Waals surface area (Å²) in [5.74, 6) is 0.726. The van der Waals surface area contributed by atoms with Crippen LogP contribution in [-0.2, 0) is 4.08 Å². The van der Waals surface area contributed by atoms with Crippen LogP contribution in [0, 0.1) is 0 Å². The van der Waals surface area contributed by atoms with Crippen molar-refractivity contribution in [2.75, 3.05) is 5.88 Å². The number of hydrogen-bond donors (Lipinski definition) is 0. The van der Waals surface area contributed by atoms with E-state index < -0.39 is 21.2 Å². The first-order chi connectivity index (χ1) is 7.86. The number of fused-ring (bicyclic) bond motifs is 1. The number of alkyl halides is 1. The van der Waals surface area contributed by atoms with Gasteiger partial charge in [0.05, 0.1) is 0 Å². The molecule has 16 heavy (non-hydrogen) atoms. The summed E-state index contributed by atoms with van der Waals surface area (Å²) in [7, 11) is 4.29. The third-order valence-electron chi connectivity index (χ3n) is 2.79. The Morgan fingerprint density at radius 3 is 2.50 bits per heavy atom. The van der Waals surface area contributed by atoms with Crippen LogP contribution < -0.4 is 0 Å². The summed E-state index contributed by atoms with van der Waals surface area (Å²) in [5.41, 5.74) is 1.43. The van der Waals surface area contributed by atoms with Gasteiger partial charge in [-0.2, -0.15) is 0 Å². The van der Waals surface area contributed by atoms with Gasteiger partial charge >= 0.3 is 118 Å². The molecule has 0 nitrogen and oxygen atoms in total. The summed E-state index contributed by atoms with van der Waals surface area (Å²) in [6, 6.07) is 15.2. The molecular formula is C12H9ClPbS2. The summed E-state index contributed by atoms with van der Waals surface area (Å²) < 4.78 is 0.172. The SMILES string of the molecule is ClCC1(c2cccc3ccccc23)[S][Pb][S]1. The second-order valence-electron chi connectivity index (χ2n) is 3.70. The van der Waals surface area contributed by atoms with Gasteiger partial charge in [-0.05, 0) is 0 Å². The fourth-order valence-electron chi connectivity index (χ4n) is 1.94. The second kappa shape index (κ2) is 4.71. The first kappa shape index (κ1) is 11.7. The third-order valence-corrected chi connectivity index (χ3v) is 23.5. The number of halogens is 1. The van der Waals surface area contributed by atoms with Gasteiger partial charge in [0.2, 0.25) is 0 Å². The molecule has 0 unspecified atom stereocenters. The second-order valence-corrected chi connectivity index (χ2v) is 17.3. The van der Waals surface area contributed by atoms with Crippen molar-refractivity contribution in [3.63, 3.8) is 0 Å². The molecule has 1 saturated heterocycles. The summed E-state index contributed by atoms with van der Waals surface area (Å²) in [5, 5.41) is 2.69. The predicted octanol–water partition coefficient (Wildman–Crippen LogP) is 4.25. The van der Waals surface area contributed by atoms with Crippen molar-refractivity contribution in [2.45, 2.75) is 4.08 Å². The Morgan fingerprint density at radius 2 is 1.81 bits per heavy atom. The summed E-state index contributed by atoms with van der Waals surface area (Å²) in [4.78, 5) is 0. The van der Waals surface area contributed by atoms with Crippen molar-refractivity contribution < 1.29 is 0 Å². The van der Waals surface area contributed by atoms with E-state index in [0.717, 1.165) is 5.88 Å². The zero-order valence-corrected chi connectivity index (χ0v) is 14.7. The van der Waals surface area contributed by atoms with E-state index in [-0.39, 0.29) is 4.08 Å². The number of benzene rings is 2. The van der Waals surface area contributed by atoms with Crippen LogP contribution in [-0.4, -0.2) is 27.1 Å². The van der Waals surface area contributed by atoms with Gasteiger partial charge < -0.3 is 0 Å². The number of rotatable bonds is 2. The molecular weight excluding hydrogens is 451 g/mol. The van der Waals surface area contributed by atoms with Crippen LogP contribution in [0.2, 0.25) is 0 Å². The minimum absolute atomic E-state index is 0.172. The minimum atomic E-state index is -0.419. The maximum atomic E-state index is 6.18. The Balaban J connectivity index is 2.23. The van der Waals surface area contributed by atoms with E-state index in [0.29, 0.717) is 0 Å². The van der Waals surface area contributed by atoms with Gasteiger partial charge in [-0.1, -0.05) is 0 Å². The molecule has 80 valence electrons. The molecule has 0 N–H and O–H groups in total. The third kappa shape index (κ3) is 1.82. The van der Waals surface area contributed by atoms with E-state index >= 15 is 0 Å². The molecule has 2 aromatic carbocycles. The van der Waals surface area contributed by atoms with E-state index in [4.69, 9.17) is 11.6 Å². The average molecular weight is 460 g/mol. The van der Waals surface area contributed by atoms with Crippen molar-refractivity contribution in [3.8, 4) is 0 Å². The van der Waals surface area contributed by atoms with Gasteiger partial charge in [0.1, 0.15) is 0 Å².